The van der Waals surface area contributed by atoms with E-state index in [1.54, 1.807) is 12.2 Å². The number of hydrogen-bond donors (Lipinski definition) is 2. The summed E-state index contributed by atoms with van der Waals surface area (Å²) in [5.74, 6) is -1.33. The van der Waals surface area contributed by atoms with Crippen molar-refractivity contribution in [3.63, 3.8) is 0 Å². The van der Waals surface area contributed by atoms with Crippen LogP contribution in [-0.2, 0) is 9.59 Å². The molecule has 2 atom stereocenters. The Labute approximate surface area is 173 Å². The Morgan fingerprint density at radius 2 is 1.72 bits per heavy atom. The number of carboxylic acids is 1. The number of allylic oxidation sites excluding steroid dienone is 2. The summed E-state index contributed by atoms with van der Waals surface area (Å²) >= 11 is 1.52. The number of hydrogen-bond acceptors (Lipinski definition) is 4. The molecule has 1 fully saturated rings. The van der Waals surface area contributed by atoms with Gasteiger partial charge < -0.3 is 10.8 Å². The fourth-order valence-electron chi connectivity index (χ4n) is 4.26. The minimum absolute atomic E-state index is 0.0396. The highest BCUT2D eigenvalue weighted by Crippen LogP contribution is 2.52. The molecule has 5 nitrogen and oxygen atoms in total. The van der Waals surface area contributed by atoms with E-state index in [0.717, 1.165) is 11.1 Å². The highest BCUT2D eigenvalue weighted by Gasteiger charge is 2.66. The number of aliphatic carboxylic acids is 1. The molecule has 0 radical (unpaired) electrons. The van der Waals surface area contributed by atoms with Crippen LogP contribution in [0.1, 0.15) is 24.0 Å². The SMILES string of the molecule is C/C=C\C1=C(C(=O)O)N2C(=O)C(N)(C(c3ccccc3)c3ccccc3)[C@@H]2SC1. The second-order valence-corrected chi connectivity index (χ2v) is 8.27. The fourth-order valence-corrected chi connectivity index (χ4v) is 5.69. The number of carbonyl (C=O) groups is 2. The van der Waals surface area contributed by atoms with E-state index in [1.807, 2.05) is 67.6 Å². The Morgan fingerprint density at radius 3 is 2.21 bits per heavy atom. The van der Waals surface area contributed by atoms with Crippen LogP contribution in [0.15, 0.2) is 84.1 Å². The summed E-state index contributed by atoms with van der Waals surface area (Å²) < 4.78 is 0. The van der Waals surface area contributed by atoms with Gasteiger partial charge in [-0.1, -0.05) is 72.8 Å². The van der Waals surface area contributed by atoms with Gasteiger partial charge in [-0.2, -0.15) is 0 Å². The second-order valence-electron chi connectivity index (χ2n) is 7.20. The van der Waals surface area contributed by atoms with Crippen LogP contribution >= 0.6 is 11.8 Å². The van der Waals surface area contributed by atoms with E-state index in [2.05, 4.69) is 0 Å². The average Bonchev–Trinajstić information content (AvgIpc) is 2.74. The summed E-state index contributed by atoms with van der Waals surface area (Å²) in [6.07, 6.45) is 3.54. The molecule has 0 aliphatic carbocycles. The highest BCUT2D eigenvalue weighted by atomic mass is 32.2. The Hall–Kier alpha value is -2.83. The van der Waals surface area contributed by atoms with E-state index in [-0.39, 0.29) is 17.5 Å². The second kappa shape index (κ2) is 7.54. The third kappa shape index (κ3) is 2.99. The smallest absolute Gasteiger partial charge is 0.352 e. The zero-order chi connectivity index (χ0) is 20.6. The van der Waals surface area contributed by atoms with Crippen molar-refractivity contribution in [2.45, 2.75) is 23.8 Å². The van der Waals surface area contributed by atoms with E-state index < -0.39 is 16.9 Å². The first-order valence-corrected chi connectivity index (χ1v) is 10.5. The van der Waals surface area contributed by atoms with Gasteiger partial charge >= 0.3 is 5.97 Å². The van der Waals surface area contributed by atoms with Crippen molar-refractivity contribution in [1.29, 1.82) is 0 Å². The van der Waals surface area contributed by atoms with Crippen LogP contribution in [-0.4, -0.2) is 38.5 Å². The largest absolute Gasteiger partial charge is 0.477 e. The molecule has 1 amide bonds. The third-order valence-electron chi connectivity index (χ3n) is 5.49. The zero-order valence-electron chi connectivity index (χ0n) is 16.0. The lowest BCUT2D eigenvalue weighted by Gasteiger charge is -2.58. The number of nitrogens with zero attached hydrogens (tertiary/aromatic N) is 1. The molecule has 4 rings (SSSR count). The molecule has 0 spiro atoms. The number of rotatable bonds is 5. The molecule has 6 heteroatoms. The van der Waals surface area contributed by atoms with Gasteiger partial charge in [0.1, 0.15) is 16.6 Å². The molecule has 2 aromatic rings. The van der Waals surface area contributed by atoms with Crippen molar-refractivity contribution in [2.24, 2.45) is 5.73 Å². The molecule has 0 bridgehead atoms. The molecule has 0 saturated carbocycles. The number of carboxylic acid groups (broad SMARTS) is 1. The summed E-state index contributed by atoms with van der Waals surface area (Å²) in [7, 11) is 0. The summed E-state index contributed by atoms with van der Waals surface area (Å²) in [5.41, 5.74) is 8.17. The normalized spacial score (nSPS) is 24.0. The van der Waals surface area contributed by atoms with Crippen LogP contribution in [0.5, 0.6) is 0 Å². The Kier molecular flexibility index (Phi) is 5.06. The molecule has 29 heavy (non-hydrogen) atoms. The minimum atomic E-state index is -1.23. The van der Waals surface area contributed by atoms with Crippen molar-refractivity contribution in [3.05, 3.63) is 95.2 Å². The van der Waals surface area contributed by atoms with Gasteiger partial charge in [-0.05, 0) is 23.6 Å². The Morgan fingerprint density at radius 1 is 1.17 bits per heavy atom. The quantitative estimate of drug-likeness (QED) is 0.744. The van der Waals surface area contributed by atoms with Gasteiger partial charge in [0.15, 0.2) is 0 Å². The van der Waals surface area contributed by atoms with Crippen LogP contribution < -0.4 is 5.73 Å². The van der Waals surface area contributed by atoms with E-state index in [0.29, 0.717) is 11.3 Å². The van der Waals surface area contributed by atoms with Crippen molar-refractivity contribution in [1.82, 2.24) is 4.90 Å². The number of amides is 1. The van der Waals surface area contributed by atoms with E-state index in [4.69, 9.17) is 5.73 Å². The first-order valence-electron chi connectivity index (χ1n) is 9.43. The lowest BCUT2D eigenvalue weighted by Crippen LogP contribution is -2.80. The Balaban J connectivity index is 1.82. The molecule has 3 N–H and O–H groups in total. The highest BCUT2D eigenvalue weighted by molar-refractivity contribution is 8.00. The van der Waals surface area contributed by atoms with Crippen LogP contribution in [0.2, 0.25) is 0 Å². The summed E-state index contributed by atoms with van der Waals surface area (Å²) in [6.45, 7) is 1.83. The maximum Gasteiger partial charge on any atom is 0.352 e. The maximum absolute atomic E-state index is 13.4. The molecule has 2 aliphatic heterocycles. The van der Waals surface area contributed by atoms with Crippen LogP contribution in [0.3, 0.4) is 0 Å². The number of benzene rings is 2. The number of fused-ring (bicyclic) bond motifs is 1. The van der Waals surface area contributed by atoms with Crippen LogP contribution in [0.25, 0.3) is 0 Å². The number of β-lactam (4-membered cyclic amide) rings is 1. The molecular formula is C23H22N2O3S. The summed E-state index contributed by atoms with van der Waals surface area (Å²) in [4.78, 5) is 26.8. The molecule has 148 valence electrons. The third-order valence-corrected chi connectivity index (χ3v) is 6.88. The summed E-state index contributed by atoms with van der Waals surface area (Å²) in [6, 6.07) is 19.4. The van der Waals surface area contributed by atoms with Gasteiger partial charge in [0.25, 0.3) is 5.91 Å². The first-order chi connectivity index (χ1) is 14.0. The molecule has 0 aromatic heterocycles. The lowest BCUT2D eigenvalue weighted by molar-refractivity contribution is -0.155. The lowest BCUT2D eigenvalue weighted by atomic mass is 9.69. The van der Waals surface area contributed by atoms with Gasteiger partial charge in [0, 0.05) is 11.7 Å². The minimum Gasteiger partial charge on any atom is -0.477 e. The standard InChI is InChI=1S/C23H22N2O3S/c1-2-9-17-14-29-22-23(24,21(28)25(22)19(17)20(26)27)18(15-10-5-3-6-11-15)16-12-7-4-8-13-16/h2-13,18,22H,14,24H2,1H3,(H,26,27)/b9-2-/t22-,23?/m0/s1. The number of carbonyl (C=O) groups excluding carboxylic acids is 1. The van der Waals surface area contributed by atoms with E-state index in [9.17, 15) is 14.7 Å². The van der Waals surface area contributed by atoms with Crippen LogP contribution in [0.4, 0.5) is 0 Å². The molecule has 1 saturated heterocycles. The monoisotopic (exact) mass is 406 g/mol. The van der Waals surface area contributed by atoms with Crippen molar-refractivity contribution in [2.75, 3.05) is 5.75 Å². The van der Waals surface area contributed by atoms with Crippen LogP contribution in [0, 0.1) is 0 Å². The van der Waals surface area contributed by atoms with Gasteiger partial charge in [0.05, 0.1) is 0 Å². The van der Waals surface area contributed by atoms with E-state index in [1.165, 1.54) is 16.7 Å². The first kappa shape index (κ1) is 19.5. The predicted octanol–water partition coefficient (Wildman–Crippen LogP) is 3.35. The Bertz CT molecular complexity index is 964. The maximum atomic E-state index is 13.4. The molecule has 1 unspecified atom stereocenters. The predicted molar refractivity (Wildman–Crippen MR) is 114 cm³/mol. The molecule has 2 aromatic carbocycles. The topological polar surface area (TPSA) is 83.6 Å². The zero-order valence-corrected chi connectivity index (χ0v) is 16.8. The van der Waals surface area contributed by atoms with Gasteiger partial charge in [-0.15, -0.1) is 11.8 Å². The van der Waals surface area contributed by atoms with Crippen molar-refractivity contribution in [3.8, 4) is 0 Å². The van der Waals surface area contributed by atoms with Gasteiger partial charge in [-0.3, -0.25) is 9.69 Å². The van der Waals surface area contributed by atoms with Crippen molar-refractivity contribution < 1.29 is 14.7 Å². The average molecular weight is 407 g/mol. The van der Waals surface area contributed by atoms with E-state index >= 15 is 0 Å². The van der Waals surface area contributed by atoms with Crippen molar-refractivity contribution >= 4 is 23.6 Å². The molecular weight excluding hydrogens is 384 g/mol. The number of nitrogens with two attached hydrogens (primary N) is 1. The summed E-state index contributed by atoms with van der Waals surface area (Å²) in [5, 5.41) is 9.34. The van der Waals surface area contributed by atoms with Gasteiger partial charge in [-0.25, -0.2) is 4.79 Å². The van der Waals surface area contributed by atoms with Gasteiger partial charge in [0.2, 0.25) is 0 Å². The fraction of sp³-hybridized carbons (Fsp3) is 0.217. The molecule has 2 aliphatic rings. The number of thioether (sulfide) groups is 1. The molecule has 2 heterocycles.